The molecule has 1 N–H and O–H groups in total. The Kier molecular flexibility index (Phi) is 7.20. The lowest BCUT2D eigenvalue weighted by Gasteiger charge is -2.55. The molecule has 10 heteroatoms. The fourth-order valence-electron chi connectivity index (χ4n) is 8.35. The number of aliphatic hydroxyl groups excluding tert-OH is 1. The van der Waals surface area contributed by atoms with Gasteiger partial charge in [-0.15, -0.1) is 5.10 Å². The number of aromatic nitrogens is 6. The van der Waals surface area contributed by atoms with E-state index >= 15 is 4.39 Å². The first kappa shape index (κ1) is 29.8. The fourth-order valence-corrected chi connectivity index (χ4v) is 8.35. The number of benzene rings is 1. The molecule has 236 valence electrons. The Balaban J connectivity index is 1.54. The number of aliphatic hydroxyl groups is 1. The summed E-state index contributed by atoms with van der Waals surface area (Å²) in [7, 11) is 1.88. The molecule has 0 bridgehead atoms. The summed E-state index contributed by atoms with van der Waals surface area (Å²) in [4.78, 5) is 12.8. The number of halogens is 1. The van der Waals surface area contributed by atoms with Crippen LogP contribution >= 0.6 is 0 Å². The number of anilines is 1. The van der Waals surface area contributed by atoms with Gasteiger partial charge in [-0.2, -0.15) is 0 Å². The lowest BCUT2D eigenvalue weighted by molar-refractivity contribution is 0.0547. The van der Waals surface area contributed by atoms with Crippen molar-refractivity contribution in [3.63, 3.8) is 0 Å². The van der Waals surface area contributed by atoms with Gasteiger partial charge in [-0.1, -0.05) is 23.4 Å². The maximum Gasteiger partial charge on any atom is 0.145 e. The summed E-state index contributed by atoms with van der Waals surface area (Å²) >= 11 is 0. The first-order valence-corrected chi connectivity index (χ1v) is 15.9. The van der Waals surface area contributed by atoms with E-state index in [9.17, 15) is 5.11 Å². The highest BCUT2D eigenvalue weighted by atomic mass is 19.1. The quantitative estimate of drug-likeness (QED) is 0.247. The van der Waals surface area contributed by atoms with E-state index in [1.165, 1.54) is 0 Å². The minimum atomic E-state index is -0.382. The van der Waals surface area contributed by atoms with Gasteiger partial charge in [-0.05, 0) is 90.5 Å². The Morgan fingerprint density at radius 2 is 1.73 bits per heavy atom. The monoisotopic (exact) mass is 611 g/mol. The molecule has 0 spiro atoms. The molecule has 2 aliphatic rings. The summed E-state index contributed by atoms with van der Waals surface area (Å²) in [6, 6.07) is 13.1. The predicted octanol–water partition coefficient (Wildman–Crippen LogP) is 6.36. The van der Waals surface area contributed by atoms with Crippen LogP contribution in [0.1, 0.15) is 70.7 Å². The minimum absolute atomic E-state index is 0.127. The van der Waals surface area contributed by atoms with E-state index in [0.29, 0.717) is 31.6 Å². The van der Waals surface area contributed by atoms with Crippen LogP contribution in [-0.4, -0.2) is 65.0 Å². The molecule has 5 aromatic rings. The molecule has 1 atom stereocenters. The molecule has 45 heavy (non-hydrogen) atoms. The third-order valence-electron chi connectivity index (χ3n) is 9.86. The second-order valence-electron chi connectivity index (χ2n) is 14.1. The highest BCUT2D eigenvalue weighted by Crippen LogP contribution is 2.45. The van der Waals surface area contributed by atoms with Crippen LogP contribution < -0.4 is 4.90 Å². The summed E-state index contributed by atoms with van der Waals surface area (Å²) in [6.07, 6.45) is 4.39. The van der Waals surface area contributed by atoms with Crippen molar-refractivity contribution in [2.24, 2.45) is 13.0 Å². The van der Waals surface area contributed by atoms with Gasteiger partial charge in [0.15, 0.2) is 0 Å². The summed E-state index contributed by atoms with van der Waals surface area (Å²) in [6.45, 7) is 11.9. The Morgan fingerprint density at radius 1 is 1.02 bits per heavy atom. The Hall–Kier alpha value is -3.89. The number of hydrogen-bond donors (Lipinski definition) is 1. The summed E-state index contributed by atoms with van der Waals surface area (Å²) < 4.78 is 25.7. The standard InChI is InChI=1S/C35H42FN7O2/c1-21-31(41(6)40-39-21)23-17-28-30(37-20-23)26-11-12-29(43-34(2,3)18-24(44)19-35(43,4)5)38-33(26)42(28)32(22-13-15-45-16-14-22)25-9-7-8-10-27(25)36/h7-12,17,20,22,24,32,44H,13-16,18-19H2,1-6H3/t32-/m0/s1. The lowest BCUT2D eigenvalue weighted by atomic mass is 9.78. The van der Waals surface area contributed by atoms with Crippen LogP contribution in [0, 0.1) is 18.7 Å². The van der Waals surface area contributed by atoms with Crippen LogP contribution in [0.3, 0.4) is 0 Å². The molecule has 2 fully saturated rings. The SMILES string of the molecule is Cc1nnn(C)c1-c1cnc2c3ccc(N4C(C)(C)CC(O)CC4(C)C)nc3n([C@H](c3ccccc3F)C3CCOCC3)c2c1. The summed E-state index contributed by atoms with van der Waals surface area (Å²) in [5, 5.41) is 20.2. The van der Waals surface area contributed by atoms with Crippen LogP contribution in [0.4, 0.5) is 10.2 Å². The molecule has 2 aliphatic heterocycles. The molecule has 0 amide bonds. The van der Waals surface area contributed by atoms with Crippen molar-refractivity contribution in [3.8, 4) is 11.3 Å². The van der Waals surface area contributed by atoms with Crippen molar-refractivity contribution in [2.75, 3.05) is 18.1 Å². The maximum atomic E-state index is 15.9. The molecule has 0 aliphatic carbocycles. The Bertz CT molecular complexity index is 1850. The van der Waals surface area contributed by atoms with Crippen molar-refractivity contribution in [1.29, 1.82) is 0 Å². The second kappa shape index (κ2) is 10.9. The van der Waals surface area contributed by atoms with E-state index < -0.39 is 0 Å². The molecule has 7 rings (SSSR count). The molecule has 9 nitrogen and oxygen atoms in total. The smallest absolute Gasteiger partial charge is 0.145 e. The highest BCUT2D eigenvalue weighted by Gasteiger charge is 2.46. The van der Waals surface area contributed by atoms with Gasteiger partial charge in [0.2, 0.25) is 0 Å². The predicted molar refractivity (Wildman–Crippen MR) is 174 cm³/mol. The van der Waals surface area contributed by atoms with Crippen LogP contribution in [0.5, 0.6) is 0 Å². The van der Waals surface area contributed by atoms with Crippen molar-refractivity contribution in [2.45, 2.75) is 83.5 Å². The van der Waals surface area contributed by atoms with Crippen molar-refractivity contribution >= 4 is 27.9 Å². The number of aryl methyl sites for hydroxylation is 2. The number of piperidine rings is 1. The molecular formula is C35H42FN7O2. The van der Waals surface area contributed by atoms with Gasteiger partial charge in [0.1, 0.15) is 17.3 Å². The average Bonchev–Trinajstić information content (AvgIpc) is 3.48. The molecule has 0 unspecified atom stereocenters. The first-order chi connectivity index (χ1) is 21.5. The molecule has 2 saturated heterocycles. The number of ether oxygens (including phenoxy) is 1. The number of hydrogen-bond acceptors (Lipinski definition) is 7. The van der Waals surface area contributed by atoms with Crippen molar-refractivity contribution in [3.05, 3.63) is 65.7 Å². The van der Waals surface area contributed by atoms with Gasteiger partial charge in [-0.25, -0.2) is 14.1 Å². The normalized spacial score (nSPS) is 19.9. The summed E-state index contributed by atoms with van der Waals surface area (Å²) in [5.41, 5.74) is 5.04. The lowest BCUT2D eigenvalue weighted by Crippen LogP contribution is -2.62. The molecule has 4 aromatic heterocycles. The fraction of sp³-hybridized carbons (Fsp3) is 0.486. The number of fused-ring (bicyclic) bond motifs is 3. The molecule has 1 aromatic carbocycles. The Morgan fingerprint density at radius 3 is 2.40 bits per heavy atom. The third kappa shape index (κ3) is 4.98. The van der Waals surface area contributed by atoms with Gasteiger partial charge < -0.3 is 19.3 Å². The van der Waals surface area contributed by atoms with E-state index in [1.54, 1.807) is 16.8 Å². The molecule has 0 saturated carbocycles. The first-order valence-electron chi connectivity index (χ1n) is 15.9. The van der Waals surface area contributed by atoms with Crippen LogP contribution in [0.2, 0.25) is 0 Å². The average molecular weight is 612 g/mol. The third-order valence-corrected chi connectivity index (χ3v) is 9.86. The highest BCUT2D eigenvalue weighted by molar-refractivity contribution is 6.05. The topological polar surface area (TPSA) is 94.1 Å². The van der Waals surface area contributed by atoms with Crippen LogP contribution in [0.15, 0.2) is 48.7 Å². The Labute approximate surface area is 263 Å². The molecule has 0 radical (unpaired) electrons. The minimum Gasteiger partial charge on any atom is -0.393 e. The second-order valence-corrected chi connectivity index (χ2v) is 14.1. The van der Waals surface area contributed by atoms with Gasteiger partial charge in [-0.3, -0.25) is 4.98 Å². The van der Waals surface area contributed by atoms with Gasteiger partial charge in [0.25, 0.3) is 0 Å². The van der Waals surface area contributed by atoms with Crippen molar-refractivity contribution in [1.82, 2.24) is 29.5 Å². The van der Waals surface area contributed by atoms with Gasteiger partial charge in [0, 0.05) is 54.0 Å². The summed E-state index contributed by atoms with van der Waals surface area (Å²) in [5.74, 6) is 0.726. The van der Waals surface area contributed by atoms with Gasteiger partial charge >= 0.3 is 0 Å². The van der Waals surface area contributed by atoms with Crippen LogP contribution in [0.25, 0.3) is 33.3 Å². The zero-order valence-electron chi connectivity index (χ0n) is 27.0. The van der Waals surface area contributed by atoms with E-state index in [2.05, 4.69) is 65.7 Å². The maximum absolute atomic E-state index is 15.9. The largest absolute Gasteiger partial charge is 0.393 e. The van der Waals surface area contributed by atoms with E-state index in [4.69, 9.17) is 14.7 Å². The molecule has 6 heterocycles. The van der Waals surface area contributed by atoms with E-state index in [1.807, 2.05) is 32.3 Å². The van der Waals surface area contributed by atoms with E-state index in [0.717, 1.165) is 57.7 Å². The van der Waals surface area contributed by atoms with Crippen molar-refractivity contribution < 1.29 is 14.2 Å². The number of rotatable bonds is 5. The zero-order chi connectivity index (χ0) is 31.7. The number of nitrogens with zero attached hydrogens (tertiary/aromatic N) is 7. The number of pyridine rings is 2. The van der Waals surface area contributed by atoms with Crippen LogP contribution in [-0.2, 0) is 11.8 Å². The van der Waals surface area contributed by atoms with Gasteiger partial charge in [0.05, 0.1) is 34.6 Å². The molecular weight excluding hydrogens is 569 g/mol. The zero-order valence-corrected chi connectivity index (χ0v) is 27.0. The van der Waals surface area contributed by atoms with E-state index in [-0.39, 0.29) is 35.0 Å².